The smallest absolute Gasteiger partial charge is 0.167 e. The highest BCUT2D eigenvalue weighted by Gasteiger charge is 2.61. The van der Waals surface area contributed by atoms with Crippen molar-refractivity contribution in [2.75, 3.05) is 0 Å². The van der Waals surface area contributed by atoms with Crippen LogP contribution in [0.3, 0.4) is 0 Å². The minimum Gasteiger partial charge on any atom is -0.358 e. The minimum atomic E-state index is -0.370. The van der Waals surface area contributed by atoms with Crippen molar-refractivity contribution in [2.24, 2.45) is 11.8 Å². The summed E-state index contributed by atoms with van der Waals surface area (Å²) in [5, 5.41) is 0. The number of rotatable bonds is 1. The second-order valence-corrected chi connectivity index (χ2v) is 4.58. The lowest BCUT2D eigenvalue weighted by Gasteiger charge is -2.24. The number of Topliss-reactive ketones (excluding diaryl/α,β-unsaturated/α-hetero) is 1. The Hall–Kier alpha value is -0.370. The molecule has 0 aromatic heterocycles. The normalized spacial score (nSPS) is 46.2. The summed E-state index contributed by atoms with van der Waals surface area (Å²) in [6, 6.07) is 0. The van der Waals surface area contributed by atoms with E-state index in [1.54, 1.807) is 0 Å². The van der Waals surface area contributed by atoms with Crippen molar-refractivity contribution < 1.29 is 9.53 Å². The number of ketones is 1. The quantitative estimate of drug-likeness (QED) is 0.558. The Morgan fingerprint density at radius 1 is 1.58 bits per heavy atom. The summed E-state index contributed by atoms with van der Waals surface area (Å²) in [5.41, 5.74) is -0.370. The molecule has 2 nitrogen and oxygen atoms in total. The lowest BCUT2D eigenvalue weighted by Crippen LogP contribution is -2.33. The molecular weight excluding hydrogens is 152 g/mol. The molecule has 1 heterocycles. The minimum absolute atomic E-state index is 0.242. The van der Waals surface area contributed by atoms with Gasteiger partial charge in [-0.2, -0.15) is 0 Å². The Morgan fingerprint density at radius 2 is 2.25 bits per heavy atom. The van der Waals surface area contributed by atoms with Gasteiger partial charge in [0.15, 0.2) is 5.78 Å². The number of carbonyl (C=O) groups is 1. The Balaban J connectivity index is 2.07. The third-order valence-corrected chi connectivity index (χ3v) is 3.41. The highest BCUT2D eigenvalue weighted by molar-refractivity contribution is 5.91. The SMILES string of the molecule is CC(C)C1CC(=O)C2(C)OC2C1. The first kappa shape index (κ1) is 8.24. The third kappa shape index (κ3) is 1.01. The van der Waals surface area contributed by atoms with Crippen molar-refractivity contribution in [3.05, 3.63) is 0 Å². The van der Waals surface area contributed by atoms with Gasteiger partial charge in [0.2, 0.25) is 0 Å². The van der Waals surface area contributed by atoms with Crippen LogP contribution in [0, 0.1) is 11.8 Å². The maximum absolute atomic E-state index is 11.5. The summed E-state index contributed by atoms with van der Waals surface area (Å²) in [6.07, 6.45) is 2.05. The molecule has 0 aromatic rings. The highest BCUT2D eigenvalue weighted by atomic mass is 16.6. The molecule has 2 fully saturated rings. The molecule has 2 rings (SSSR count). The van der Waals surface area contributed by atoms with Crippen LogP contribution >= 0.6 is 0 Å². The lowest BCUT2D eigenvalue weighted by molar-refractivity contribution is -0.125. The number of carbonyl (C=O) groups excluding carboxylic acids is 1. The van der Waals surface area contributed by atoms with Gasteiger partial charge in [-0.25, -0.2) is 0 Å². The van der Waals surface area contributed by atoms with Crippen molar-refractivity contribution in [2.45, 2.75) is 45.3 Å². The molecule has 0 amide bonds. The van der Waals surface area contributed by atoms with E-state index >= 15 is 0 Å². The van der Waals surface area contributed by atoms with Crippen molar-refractivity contribution >= 4 is 5.78 Å². The van der Waals surface area contributed by atoms with E-state index in [1.807, 2.05) is 6.92 Å². The first-order valence-corrected chi connectivity index (χ1v) is 4.75. The number of fused-ring (bicyclic) bond motifs is 1. The van der Waals surface area contributed by atoms with Gasteiger partial charge < -0.3 is 4.74 Å². The molecule has 0 radical (unpaired) electrons. The van der Waals surface area contributed by atoms with Crippen molar-refractivity contribution in [1.29, 1.82) is 0 Å². The molecule has 3 atom stereocenters. The molecule has 0 aromatic carbocycles. The van der Waals surface area contributed by atoms with Crippen LogP contribution in [0.15, 0.2) is 0 Å². The molecule has 1 aliphatic carbocycles. The molecule has 0 bridgehead atoms. The largest absolute Gasteiger partial charge is 0.358 e. The van der Waals surface area contributed by atoms with Crippen molar-refractivity contribution in [3.63, 3.8) is 0 Å². The van der Waals surface area contributed by atoms with Gasteiger partial charge in [-0.15, -0.1) is 0 Å². The van der Waals surface area contributed by atoms with E-state index in [1.165, 1.54) is 0 Å². The van der Waals surface area contributed by atoms with Crippen LogP contribution in [0.1, 0.15) is 33.6 Å². The first-order chi connectivity index (χ1) is 5.54. The van der Waals surface area contributed by atoms with Crippen molar-refractivity contribution in [3.8, 4) is 0 Å². The molecule has 1 saturated heterocycles. The van der Waals surface area contributed by atoms with E-state index in [0.29, 0.717) is 17.6 Å². The zero-order chi connectivity index (χ0) is 8.93. The van der Waals surface area contributed by atoms with Crippen LogP contribution in [0.2, 0.25) is 0 Å². The maximum Gasteiger partial charge on any atom is 0.167 e. The van der Waals surface area contributed by atoms with Gasteiger partial charge in [-0.3, -0.25) is 4.79 Å². The van der Waals surface area contributed by atoms with Crippen LogP contribution in [0.5, 0.6) is 0 Å². The maximum atomic E-state index is 11.5. The molecule has 3 unspecified atom stereocenters. The number of hydrogen-bond donors (Lipinski definition) is 0. The lowest BCUT2D eigenvalue weighted by atomic mass is 9.77. The molecule has 2 aliphatic rings. The summed E-state index contributed by atoms with van der Waals surface area (Å²) in [5.74, 6) is 1.48. The molecule has 2 heteroatoms. The third-order valence-electron chi connectivity index (χ3n) is 3.41. The molecule has 68 valence electrons. The summed E-state index contributed by atoms with van der Waals surface area (Å²) >= 11 is 0. The Bertz CT molecular complexity index is 222. The summed E-state index contributed by atoms with van der Waals surface area (Å²) in [6.45, 7) is 6.29. The fourth-order valence-electron chi connectivity index (χ4n) is 2.09. The zero-order valence-electron chi connectivity index (χ0n) is 7.96. The Kier molecular flexibility index (Phi) is 1.59. The van der Waals surface area contributed by atoms with Crippen LogP contribution in [-0.2, 0) is 9.53 Å². The summed E-state index contributed by atoms with van der Waals surface area (Å²) < 4.78 is 5.41. The Labute approximate surface area is 73.3 Å². The van der Waals surface area contributed by atoms with Crippen LogP contribution in [-0.4, -0.2) is 17.5 Å². The van der Waals surface area contributed by atoms with Gasteiger partial charge in [-0.05, 0) is 25.2 Å². The van der Waals surface area contributed by atoms with Crippen molar-refractivity contribution in [1.82, 2.24) is 0 Å². The van der Waals surface area contributed by atoms with E-state index in [2.05, 4.69) is 13.8 Å². The average molecular weight is 168 g/mol. The van der Waals surface area contributed by atoms with E-state index in [4.69, 9.17) is 4.74 Å². The number of hydrogen-bond acceptors (Lipinski definition) is 2. The second kappa shape index (κ2) is 2.32. The topological polar surface area (TPSA) is 29.6 Å². The Morgan fingerprint density at radius 3 is 2.75 bits per heavy atom. The van der Waals surface area contributed by atoms with Gasteiger partial charge in [0, 0.05) is 6.42 Å². The van der Waals surface area contributed by atoms with Gasteiger partial charge in [0.1, 0.15) is 5.60 Å². The van der Waals surface area contributed by atoms with E-state index in [0.717, 1.165) is 12.8 Å². The van der Waals surface area contributed by atoms with Gasteiger partial charge in [0.25, 0.3) is 0 Å². The standard InChI is InChI=1S/C10H16O2/c1-6(2)7-4-8(11)10(3)9(5-7)12-10/h6-7,9H,4-5H2,1-3H3. The number of epoxide rings is 1. The summed E-state index contributed by atoms with van der Waals surface area (Å²) in [7, 11) is 0. The van der Waals surface area contributed by atoms with E-state index in [9.17, 15) is 4.79 Å². The average Bonchev–Trinajstić information content (AvgIpc) is 2.62. The van der Waals surface area contributed by atoms with Crippen LogP contribution in [0.4, 0.5) is 0 Å². The molecular formula is C10H16O2. The second-order valence-electron chi connectivity index (χ2n) is 4.58. The fraction of sp³-hybridized carbons (Fsp3) is 0.900. The van der Waals surface area contributed by atoms with Gasteiger partial charge >= 0.3 is 0 Å². The molecule has 0 N–H and O–H groups in total. The first-order valence-electron chi connectivity index (χ1n) is 4.75. The number of ether oxygens (including phenoxy) is 1. The monoisotopic (exact) mass is 168 g/mol. The molecule has 12 heavy (non-hydrogen) atoms. The zero-order valence-corrected chi connectivity index (χ0v) is 7.96. The van der Waals surface area contributed by atoms with Crippen LogP contribution < -0.4 is 0 Å². The molecule has 1 aliphatic heterocycles. The van der Waals surface area contributed by atoms with Gasteiger partial charge in [-0.1, -0.05) is 13.8 Å². The fourth-order valence-corrected chi connectivity index (χ4v) is 2.09. The van der Waals surface area contributed by atoms with E-state index in [-0.39, 0.29) is 11.7 Å². The predicted molar refractivity (Wildman–Crippen MR) is 45.8 cm³/mol. The highest BCUT2D eigenvalue weighted by Crippen LogP contribution is 2.48. The van der Waals surface area contributed by atoms with Crippen LogP contribution in [0.25, 0.3) is 0 Å². The molecule has 0 spiro atoms. The molecule has 1 saturated carbocycles. The van der Waals surface area contributed by atoms with Gasteiger partial charge in [0.05, 0.1) is 6.10 Å². The van der Waals surface area contributed by atoms with E-state index < -0.39 is 0 Å². The predicted octanol–water partition coefficient (Wildman–Crippen LogP) is 1.78. The summed E-state index contributed by atoms with van der Waals surface area (Å²) in [4.78, 5) is 11.5.